The lowest BCUT2D eigenvalue weighted by Crippen LogP contribution is -2.19. The lowest BCUT2D eigenvalue weighted by molar-refractivity contribution is 0.864. The third kappa shape index (κ3) is 0.875. The summed E-state index contributed by atoms with van der Waals surface area (Å²) in [6, 6.07) is 4.34. The monoisotopic (exact) mass is 143 g/mol. The normalized spacial score (nSPS) is 13.0. The Labute approximate surface area is 66.5 Å². The molecule has 1 aromatic carbocycles. The summed E-state index contributed by atoms with van der Waals surface area (Å²) in [6.07, 6.45) is 4.14. The van der Waals surface area contributed by atoms with Crippen LogP contribution in [0.3, 0.4) is 0 Å². The van der Waals surface area contributed by atoms with E-state index in [1.165, 1.54) is 16.0 Å². The van der Waals surface area contributed by atoms with E-state index < -0.39 is 0 Å². The highest BCUT2D eigenvalue weighted by Gasteiger charge is 1.94. The first-order chi connectivity index (χ1) is 5.29. The molecule has 0 spiro atoms. The lowest BCUT2D eigenvalue weighted by Gasteiger charge is -2.06. The van der Waals surface area contributed by atoms with Crippen LogP contribution in [0, 0.1) is 0 Å². The molecule has 0 bridgehead atoms. The summed E-state index contributed by atoms with van der Waals surface area (Å²) in [4.78, 5) is 0. The molecule has 1 aromatic rings. The zero-order chi connectivity index (χ0) is 7.84. The van der Waals surface area contributed by atoms with Gasteiger partial charge in [0.15, 0.2) is 0 Å². The average Bonchev–Trinajstić information content (AvgIpc) is 2.41. The Morgan fingerprint density at radius 3 is 3.00 bits per heavy atom. The lowest BCUT2D eigenvalue weighted by atomic mass is 10.1. The molecule has 0 unspecified atom stereocenters. The Morgan fingerprint density at radius 1 is 1.45 bits per heavy atom. The molecule has 11 heavy (non-hydrogen) atoms. The molecule has 0 radical (unpaired) electrons. The Morgan fingerprint density at radius 2 is 2.27 bits per heavy atom. The number of allylic oxidation sites excluding steroid dienone is 1. The van der Waals surface area contributed by atoms with Gasteiger partial charge in [0, 0.05) is 0 Å². The van der Waals surface area contributed by atoms with Crippen molar-refractivity contribution in [1.29, 1.82) is 0 Å². The Balaban J connectivity index is 2.76. The van der Waals surface area contributed by atoms with Gasteiger partial charge in [-0.1, -0.05) is 25.8 Å². The quantitative estimate of drug-likeness (QED) is 0.519. The maximum atomic E-state index is 3.19. The van der Waals surface area contributed by atoms with E-state index in [4.69, 9.17) is 0 Å². The van der Waals surface area contributed by atoms with Crippen LogP contribution in [0.2, 0.25) is 0 Å². The van der Waals surface area contributed by atoms with E-state index in [9.17, 15) is 0 Å². The highest BCUT2D eigenvalue weighted by molar-refractivity contribution is 5.54. The minimum atomic E-state index is 0.628. The molecule has 2 rings (SSSR count). The summed E-state index contributed by atoms with van der Waals surface area (Å²) < 4.78 is 0. The van der Waals surface area contributed by atoms with Gasteiger partial charge in [0.05, 0.1) is 0 Å². The zero-order valence-electron chi connectivity index (χ0n) is 6.89. The summed E-state index contributed by atoms with van der Waals surface area (Å²) in [5.74, 6) is 0.628. The van der Waals surface area contributed by atoms with Gasteiger partial charge >= 0.3 is 0 Å². The third-order valence-corrected chi connectivity index (χ3v) is 2.14. The standard InChI is InChI=1S/C11H11/c1-8(2)10-7-6-9-4-3-5-11(9)10/h3,5-8H,1-2H3/q-1. The van der Waals surface area contributed by atoms with Crippen LogP contribution in [0.1, 0.15) is 25.3 Å². The van der Waals surface area contributed by atoms with Crippen LogP contribution in [-0.2, 0) is 0 Å². The Hall–Kier alpha value is -1.13. The summed E-state index contributed by atoms with van der Waals surface area (Å²) >= 11 is 0. The van der Waals surface area contributed by atoms with Crippen molar-refractivity contribution in [2.75, 3.05) is 0 Å². The summed E-state index contributed by atoms with van der Waals surface area (Å²) in [5.41, 5.74) is 4.64. The van der Waals surface area contributed by atoms with Crippen LogP contribution in [0.15, 0.2) is 18.2 Å². The SMILES string of the molecule is CC(C)c1c[cH-]c2c1=CC=C=2. The zero-order valence-corrected chi connectivity index (χ0v) is 6.89. The van der Waals surface area contributed by atoms with E-state index in [1.807, 2.05) is 6.08 Å². The smallest absolute Gasteiger partial charge is 0.0634 e. The van der Waals surface area contributed by atoms with Crippen LogP contribution >= 0.6 is 0 Å². The van der Waals surface area contributed by atoms with Gasteiger partial charge in [-0.3, -0.25) is 0 Å². The molecule has 0 atom stereocenters. The average molecular weight is 143 g/mol. The molecule has 0 nitrogen and oxygen atoms in total. The Kier molecular flexibility index (Phi) is 1.30. The predicted molar refractivity (Wildman–Crippen MR) is 47.8 cm³/mol. The molecule has 0 amide bonds. The van der Waals surface area contributed by atoms with E-state index in [1.54, 1.807) is 0 Å². The van der Waals surface area contributed by atoms with Crippen molar-refractivity contribution in [3.8, 4) is 0 Å². The largest absolute Gasteiger partial charge is 0.236 e. The molecule has 0 aromatic heterocycles. The number of hydrogen-bond donors (Lipinski definition) is 0. The van der Waals surface area contributed by atoms with Gasteiger partial charge in [0.1, 0.15) is 0 Å². The van der Waals surface area contributed by atoms with Crippen LogP contribution in [0.5, 0.6) is 0 Å². The van der Waals surface area contributed by atoms with Crippen molar-refractivity contribution in [2.24, 2.45) is 0 Å². The minimum absolute atomic E-state index is 0.628. The van der Waals surface area contributed by atoms with Crippen LogP contribution in [-0.4, -0.2) is 0 Å². The van der Waals surface area contributed by atoms with Crippen molar-refractivity contribution >= 4 is 11.8 Å². The second kappa shape index (κ2) is 2.18. The molecule has 0 aliphatic heterocycles. The Bertz CT molecular complexity index is 409. The third-order valence-electron chi connectivity index (χ3n) is 2.14. The molecule has 0 heterocycles. The molecule has 0 heteroatoms. The molecule has 0 N–H and O–H groups in total. The molecule has 0 saturated carbocycles. The van der Waals surface area contributed by atoms with Gasteiger partial charge in [0.2, 0.25) is 0 Å². The minimum Gasteiger partial charge on any atom is -0.236 e. The molecule has 0 fully saturated rings. The van der Waals surface area contributed by atoms with Gasteiger partial charge in [-0.2, -0.15) is 5.56 Å². The topological polar surface area (TPSA) is 0 Å². The molecular formula is C11H11-. The number of fused-ring (bicyclic) bond motifs is 1. The van der Waals surface area contributed by atoms with E-state index in [-0.39, 0.29) is 0 Å². The van der Waals surface area contributed by atoms with Crippen molar-refractivity contribution in [2.45, 2.75) is 19.8 Å². The number of rotatable bonds is 1. The maximum absolute atomic E-state index is 3.19. The van der Waals surface area contributed by atoms with Crippen LogP contribution in [0.4, 0.5) is 0 Å². The first-order valence-corrected chi connectivity index (χ1v) is 4.01. The number of hydrogen-bond acceptors (Lipinski definition) is 0. The second-order valence-electron chi connectivity index (χ2n) is 3.25. The molecular weight excluding hydrogens is 132 g/mol. The van der Waals surface area contributed by atoms with Crippen molar-refractivity contribution in [3.63, 3.8) is 0 Å². The fourth-order valence-electron chi connectivity index (χ4n) is 1.54. The van der Waals surface area contributed by atoms with Crippen LogP contribution in [0.25, 0.3) is 11.8 Å². The van der Waals surface area contributed by atoms with Gasteiger partial charge in [-0.15, -0.1) is 28.6 Å². The van der Waals surface area contributed by atoms with E-state index in [2.05, 4.69) is 37.8 Å². The molecule has 1 aliphatic rings. The summed E-state index contributed by atoms with van der Waals surface area (Å²) in [6.45, 7) is 4.45. The highest BCUT2D eigenvalue weighted by atomic mass is 14.1. The van der Waals surface area contributed by atoms with E-state index >= 15 is 0 Å². The van der Waals surface area contributed by atoms with E-state index in [0.29, 0.717) is 5.92 Å². The first-order valence-electron chi connectivity index (χ1n) is 4.01. The van der Waals surface area contributed by atoms with E-state index in [0.717, 1.165) is 0 Å². The molecule has 56 valence electrons. The van der Waals surface area contributed by atoms with Gasteiger partial charge in [-0.05, 0) is 0 Å². The maximum Gasteiger partial charge on any atom is -0.0634 e. The predicted octanol–water partition coefficient (Wildman–Crippen LogP) is 1.26. The first kappa shape index (κ1) is 6.57. The highest BCUT2D eigenvalue weighted by Crippen LogP contribution is 2.07. The van der Waals surface area contributed by atoms with Gasteiger partial charge in [0.25, 0.3) is 0 Å². The second-order valence-corrected chi connectivity index (χ2v) is 3.25. The van der Waals surface area contributed by atoms with Gasteiger partial charge < -0.3 is 0 Å². The van der Waals surface area contributed by atoms with Gasteiger partial charge in [-0.25, -0.2) is 5.73 Å². The fourth-order valence-corrected chi connectivity index (χ4v) is 1.54. The van der Waals surface area contributed by atoms with Crippen molar-refractivity contribution in [1.82, 2.24) is 0 Å². The summed E-state index contributed by atoms with van der Waals surface area (Å²) in [5, 5.41) is 2.63. The van der Waals surface area contributed by atoms with Crippen molar-refractivity contribution < 1.29 is 0 Å². The van der Waals surface area contributed by atoms with Crippen LogP contribution < -0.4 is 10.4 Å². The summed E-state index contributed by atoms with van der Waals surface area (Å²) in [7, 11) is 0. The molecule has 0 saturated heterocycles. The molecule has 1 aliphatic carbocycles. The fraction of sp³-hybridized carbons (Fsp3) is 0.273. The van der Waals surface area contributed by atoms with Crippen molar-refractivity contribution in [3.05, 3.63) is 34.2 Å².